The molecule has 30 heavy (non-hydrogen) atoms. The summed E-state index contributed by atoms with van der Waals surface area (Å²) in [6.07, 6.45) is 0.489. The molecule has 0 aliphatic carbocycles. The van der Waals surface area contributed by atoms with Gasteiger partial charge in [-0.1, -0.05) is 48.5 Å². The second-order valence-corrected chi connectivity index (χ2v) is 7.79. The summed E-state index contributed by atoms with van der Waals surface area (Å²) in [5, 5.41) is 3.00. The molecule has 2 amide bonds. The molecule has 3 aromatic rings. The maximum absolute atomic E-state index is 13.5. The highest BCUT2D eigenvalue weighted by molar-refractivity contribution is 6.08. The van der Waals surface area contributed by atoms with Crippen LogP contribution in [0.25, 0.3) is 0 Å². The van der Waals surface area contributed by atoms with E-state index in [4.69, 9.17) is 0 Å². The van der Waals surface area contributed by atoms with Gasteiger partial charge >= 0.3 is 5.69 Å². The van der Waals surface area contributed by atoms with Gasteiger partial charge in [0.15, 0.2) is 0 Å². The lowest BCUT2D eigenvalue weighted by Crippen LogP contribution is -2.43. The topological polar surface area (TPSA) is 95.2 Å². The van der Waals surface area contributed by atoms with E-state index in [0.29, 0.717) is 18.7 Å². The van der Waals surface area contributed by atoms with E-state index in [1.807, 2.05) is 54.6 Å². The second kappa shape index (κ2) is 6.66. The van der Waals surface area contributed by atoms with E-state index in [1.165, 1.54) is 0 Å². The first kappa shape index (κ1) is 18.3. The molecule has 0 saturated carbocycles. The number of aromatic amines is 1. The van der Waals surface area contributed by atoms with E-state index in [9.17, 15) is 14.4 Å². The summed E-state index contributed by atoms with van der Waals surface area (Å²) in [4.78, 5) is 46.8. The van der Waals surface area contributed by atoms with Crippen molar-refractivity contribution in [2.24, 2.45) is 0 Å². The van der Waals surface area contributed by atoms with Crippen molar-refractivity contribution in [1.82, 2.24) is 14.9 Å². The van der Waals surface area contributed by atoms with Crippen molar-refractivity contribution in [3.05, 3.63) is 93.7 Å². The van der Waals surface area contributed by atoms with Gasteiger partial charge in [-0.15, -0.1) is 0 Å². The Balaban J connectivity index is 1.68. The summed E-state index contributed by atoms with van der Waals surface area (Å²) < 4.78 is 0. The van der Waals surface area contributed by atoms with Crippen LogP contribution in [0.2, 0.25) is 0 Å². The quantitative estimate of drug-likeness (QED) is 0.691. The number of benzene rings is 2. The van der Waals surface area contributed by atoms with Crippen LogP contribution in [-0.4, -0.2) is 33.2 Å². The fourth-order valence-corrected chi connectivity index (χ4v) is 4.84. The molecule has 1 fully saturated rings. The minimum Gasteiger partial charge on any atom is -0.329 e. The number of H-pyrrole nitrogens is 1. The molecule has 1 aromatic heterocycles. The number of hydrogen-bond acceptors (Lipinski definition) is 4. The number of amides is 2. The number of nitrogens with one attached hydrogen (secondary N) is 2. The number of hydrogen-bond donors (Lipinski definition) is 2. The first-order valence-electron chi connectivity index (χ1n) is 9.85. The van der Waals surface area contributed by atoms with E-state index < -0.39 is 17.1 Å². The fraction of sp³-hybridized carbons (Fsp3) is 0.217. The maximum Gasteiger partial charge on any atom is 0.345 e. The molecule has 1 saturated heterocycles. The molecule has 2 N–H and O–H groups in total. The minimum absolute atomic E-state index is 0.0842. The van der Waals surface area contributed by atoms with Gasteiger partial charge < -0.3 is 15.2 Å². The number of fused-ring (bicyclic) bond motifs is 2. The lowest BCUT2D eigenvalue weighted by Gasteiger charge is -2.34. The van der Waals surface area contributed by atoms with Gasteiger partial charge in [0.05, 0.1) is 6.04 Å². The molecule has 2 aliphatic rings. The van der Waals surface area contributed by atoms with E-state index >= 15 is 0 Å². The Morgan fingerprint density at radius 3 is 2.60 bits per heavy atom. The smallest absolute Gasteiger partial charge is 0.329 e. The summed E-state index contributed by atoms with van der Waals surface area (Å²) in [6, 6.07) is 18.3. The van der Waals surface area contributed by atoms with E-state index in [0.717, 1.165) is 16.8 Å². The molecular formula is C23H20N4O3. The van der Waals surface area contributed by atoms with Gasteiger partial charge in [0, 0.05) is 17.9 Å². The van der Waals surface area contributed by atoms with Gasteiger partial charge in [-0.2, -0.15) is 4.98 Å². The fourth-order valence-electron chi connectivity index (χ4n) is 4.84. The third kappa shape index (κ3) is 2.58. The average molecular weight is 400 g/mol. The Morgan fingerprint density at radius 2 is 1.83 bits per heavy atom. The van der Waals surface area contributed by atoms with Crippen LogP contribution in [-0.2, 0) is 10.2 Å². The monoisotopic (exact) mass is 400 g/mol. The highest BCUT2D eigenvalue weighted by Gasteiger charge is 2.59. The van der Waals surface area contributed by atoms with Gasteiger partial charge in [-0.05, 0) is 36.6 Å². The molecule has 2 aromatic carbocycles. The number of likely N-dealkylation sites (tertiary alicyclic amines) is 1. The van der Waals surface area contributed by atoms with Crippen LogP contribution in [0.3, 0.4) is 0 Å². The molecule has 2 aliphatic heterocycles. The third-order valence-electron chi connectivity index (χ3n) is 6.06. The zero-order valence-corrected chi connectivity index (χ0v) is 16.4. The average Bonchev–Trinajstić information content (AvgIpc) is 3.27. The number of para-hydroxylation sites is 1. The first-order chi connectivity index (χ1) is 14.5. The van der Waals surface area contributed by atoms with Gasteiger partial charge in [0.1, 0.15) is 11.1 Å². The Morgan fingerprint density at radius 1 is 1.10 bits per heavy atom. The molecule has 7 heteroatoms. The number of carbonyl (C=O) groups is 2. The van der Waals surface area contributed by atoms with E-state index in [-0.39, 0.29) is 17.5 Å². The van der Waals surface area contributed by atoms with Crippen molar-refractivity contribution in [3.63, 3.8) is 0 Å². The van der Waals surface area contributed by atoms with Crippen LogP contribution in [0.1, 0.15) is 39.8 Å². The summed E-state index contributed by atoms with van der Waals surface area (Å²) in [6.45, 7) is 2.09. The maximum atomic E-state index is 13.5. The zero-order valence-electron chi connectivity index (χ0n) is 16.4. The van der Waals surface area contributed by atoms with Crippen LogP contribution in [0, 0.1) is 6.92 Å². The lowest BCUT2D eigenvalue weighted by molar-refractivity contribution is -0.121. The molecule has 2 unspecified atom stereocenters. The first-order valence-corrected chi connectivity index (χ1v) is 9.85. The SMILES string of the molecule is Cc1cc(C(=O)N2CCC3(C(=O)Nc4ccccc43)C2c2ccccc2)nc(=O)[nH]1. The number of anilines is 1. The summed E-state index contributed by atoms with van der Waals surface area (Å²) in [5.41, 5.74) is 1.75. The molecule has 150 valence electrons. The third-order valence-corrected chi connectivity index (χ3v) is 6.06. The summed E-state index contributed by atoms with van der Waals surface area (Å²) in [5.74, 6) is -0.463. The van der Waals surface area contributed by atoms with Gasteiger partial charge in [-0.3, -0.25) is 9.59 Å². The summed E-state index contributed by atoms with van der Waals surface area (Å²) >= 11 is 0. The number of aromatic nitrogens is 2. The Hall–Kier alpha value is -3.74. The molecule has 2 atom stereocenters. The van der Waals surface area contributed by atoms with Gasteiger partial charge in [0.2, 0.25) is 5.91 Å². The molecular weight excluding hydrogens is 380 g/mol. The number of nitrogens with zero attached hydrogens (tertiary/aromatic N) is 2. The summed E-state index contributed by atoms with van der Waals surface area (Å²) in [7, 11) is 0. The number of rotatable bonds is 2. The second-order valence-electron chi connectivity index (χ2n) is 7.79. The largest absolute Gasteiger partial charge is 0.345 e. The molecule has 3 heterocycles. The van der Waals surface area contributed by atoms with Crippen molar-refractivity contribution in [2.75, 3.05) is 11.9 Å². The highest BCUT2D eigenvalue weighted by atomic mass is 16.2. The van der Waals surface area contributed by atoms with Crippen LogP contribution in [0.15, 0.2) is 65.5 Å². The lowest BCUT2D eigenvalue weighted by atomic mass is 9.72. The molecule has 0 radical (unpaired) electrons. The van der Waals surface area contributed by atoms with Crippen LogP contribution in [0.5, 0.6) is 0 Å². The van der Waals surface area contributed by atoms with Crippen molar-refractivity contribution >= 4 is 17.5 Å². The van der Waals surface area contributed by atoms with Crippen molar-refractivity contribution in [1.29, 1.82) is 0 Å². The molecule has 1 spiro atoms. The zero-order chi connectivity index (χ0) is 20.9. The number of carbonyl (C=O) groups excluding carboxylic acids is 2. The van der Waals surface area contributed by atoms with Gasteiger partial charge in [0.25, 0.3) is 5.91 Å². The Bertz CT molecular complexity index is 1220. The number of aryl methyl sites for hydroxylation is 1. The van der Waals surface area contributed by atoms with Crippen LogP contribution >= 0.6 is 0 Å². The molecule has 5 rings (SSSR count). The highest BCUT2D eigenvalue weighted by Crippen LogP contribution is 2.54. The predicted molar refractivity (Wildman–Crippen MR) is 111 cm³/mol. The molecule has 0 bridgehead atoms. The Labute approximate surface area is 172 Å². The van der Waals surface area contributed by atoms with Crippen molar-refractivity contribution in [3.8, 4) is 0 Å². The Kier molecular flexibility index (Phi) is 4.06. The minimum atomic E-state index is -0.885. The normalized spacial score (nSPS) is 22.2. The van der Waals surface area contributed by atoms with E-state index in [1.54, 1.807) is 17.9 Å². The van der Waals surface area contributed by atoms with Crippen molar-refractivity contribution < 1.29 is 9.59 Å². The van der Waals surface area contributed by atoms with Crippen LogP contribution in [0.4, 0.5) is 5.69 Å². The van der Waals surface area contributed by atoms with Crippen LogP contribution < -0.4 is 11.0 Å². The standard InChI is InChI=1S/C23H20N4O3/c1-14-13-18(26-22(30)24-14)20(28)27-12-11-23(19(27)15-7-3-2-4-8-15)16-9-5-6-10-17(16)25-21(23)29/h2-10,13,19H,11-12H2,1H3,(H,25,29)(H,24,26,30). The van der Waals surface area contributed by atoms with E-state index in [2.05, 4.69) is 15.3 Å². The van der Waals surface area contributed by atoms with Crippen molar-refractivity contribution in [2.45, 2.75) is 24.8 Å². The predicted octanol–water partition coefficient (Wildman–Crippen LogP) is 2.56. The van der Waals surface area contributed by atoms with Gasteiger partial charge in [-0.25, -0.2) is 4.79 Å². The molecule has 7 nitrogen and oxygen atoms in total.